The first kappa shape index (κ1) is 9.02. The third-order valence-electron chi connectivity index (χ3n) is 2.17. The zero-order valence-corrected chi connectivity index (χ0v) is 8.05. The zero-order valence-electron chi connectivity index (χ0n) is 8.05. The van der Waals surface area contributed by atoms with Gasteiger partial charge in [0.1, 0.15) is 0 Å². The minimum absolute atomic E-state index is 0.0383. The molecule has 0 aliphatic rings. The van der Waals surface area contributed by atoms with Crippen LogP contribution < -0.4 is 5.73 Å². The first-order chi connectivity index (χ1) is 6.75. The predicted molar refractivity (Wildman–Crippen MR) is 52.5 cm³/mol. The Hall–Kier alpha value is -1.55. The minimum Gasteiger partial charge on any atom is -0.472 e. The van der Waals surface area contributed by atoms with Gasteiger partial charge in [-0.1, -0.05) is 0 Å². The fraction of sp³-hybridized carbons (Fsp3) is 0.300. The number of nitrogens with zero attached hydrogens (tertiary/aromatic N) is 2. The molecule has 2 aromatic heterocycles. The molecule has 2 rings (SSSR count). The van der Waals surface area contributed by atoms with Gasteiger partial charge in [-0.25, -0.2) is 0 Å². The van der Waals surface area contributed by atoms with Crippen molar-refractivity contribution in [1.82, 2.24) is 9.78 Å². The molecule has 1 atom stereocenters. The number of furan rings is 1. The summed E-state index contributed by atoms with van der Waals surface area (Å²) < 4.78 is 6.75. The number of nitrogens with two attached hydrogens (primary N) is 1. The second kappa shape index (κ2) is 3.67. The Kier molecular flexibility index (Phi) is 2.37. The van der Waals surface area contributed by atoms with Crippen LogP contribution in [0.1, 0.15) is 17.3 Å². The van der Waals surface area contributed by atoms with Crippen molar-refractivity contribution in [2.24, 2.45) is 12.8 Å². The van der Waals surface area contributed by atoms with Crippen LogP contribution in [0, 0.1) is 0 Å². The van der Waals surface area contributed by atoms with E-state index in [1.165, 1.54) is 0 Å². The molecule has 0 aliphatic carbocycles. The number of hydrogen-bond donors (Lipinski definition) is 1. The van der Waals surface area contributed by atoms with E-state index in [1.807, 2.05) is 25.4 Å². The number of aromatic nitrogens is 2. The van der Waals surface area contributed by atoms with Crippen LogP contribution >= 0.6 is 0 Å². The lowest BCUT2D eigenvalue weighted by molar-refractivity contribution is 0.557. The van der Waals surface area contributed by atoms with E-state index in [0.29, 0.717) is 0 Å². The average molecular weight is 191 g/mol. The van der Waals surface area contributed by atoms with E-state index >= 15 is 0 Å². The van der Waals surface area contributed by atoms with Crippen LogP contribution in [0.25, 0.3) is 0 Å². The maximum atomic E-state index is 5.97. The lowest BCUT2D eigenvalue weighted by Gasteiger charge is -2.05. The first-order valence-corrected chi connectivity index (χ1v) is 4.52. The van der Waals surface area contributed by atoms with Crippen molar-refractivity contribution in [1.29, 1.82) is 0 Å². The van der Waals surface area contributed by atoms with Crippen molar-refractivity contribution in [2.75, 3.05) is 0 Å². The van der Waals surface area contributed by atoms with Crippen LogP contribution in [0.15, 0.2) is 35.3 Å². The molecule has 0 radical (unpaired) electrons. The molecular formula is C10H13N3O. The van der Waals surface area contributed by atoms with Gasteiger partial charge >= 0.3 is 0 Å². The van der Waals surface area contributed by atoms with E-state index in [0.717, 1.165) is 17.7 Å². The van der Waals surface area contributed by atoms with Crippen LogP contribution in [-0.2, 0) is 13.5 Å². The molecule has 2 N–H and O–H groups in total. The van der Waals surface area contributed by atoms with Gasteiger partial charge in [-0.3, -0.25) is 4.68 Å². The van der Waals surface area contributed by atoms with Gasteiger partial charge in [0.25, 0.3) is 0 Å². The minimum atomic E-state index is -0.0383. The summed E-state index contributed by atoms with van der Waals surface area (Å²) in [5, 5.41) is 4.27. The molecule has 4 heteroatoms. The normalized spacial score (nSPS) is 13.0. The fourth-order valence-electron chi connectivity index (χ4n) is 1.40. The molecule has 1 unspecified atom stereocenters. The fourth-order valence-corrected chi connectivity index (χ4v) is 1.40. The lowest BCUT2D eigenvalue weighted by Crippen LogP contribution is -2.12. The van der Waals surface area contributed by atoms with Crippen molar-refractivity contribution >= 4 is 0 Å². The number of aryl methyl sites for hydroxylation is 1. The summed E-state index contributed by atoms with van der Waals surface area (Å²) in [6.45, 7) is 0. The third-order valence-corrected chi connectivity index (χ3v) is 2.17. The standard InChI is InChI=1S/C10H13N3O/c1-13-4-2-9(12-13)6-10(11)8-3-5-14-7-8/h2-5,7,10H,6,11H2,1H3. The molecule has 0 saturated carbocycles. The van der Waals surface area contributed by atoms with Gasteiger partial charge in [-0.15, -0.1) is 0 Å². The van der Waals surface area contributed by atoms with Crippen molar-refractivity contribution in [3.05, 3.63) is 42.1 Å². The molecule has 2 heterocycles. The van der Waals surface area contributed by atoms with Gasteiger partial charge in [-0.2, -0.15) is 5.10 Å². The van der Waals surface area contributed by atoms with Crippen molar-refractivity contribution in [2.45, 2.75) is 12.5 Å². The number of hydrogen-bond acceptors (Lipinski definition) is 3. The van der Waals surface area contributed by atoms with Gasteiger partial charge in [0.05, 0.1) is 18.2 Å². The second-order valence-corrected chi connectivity index (χ2v) is 3.35. The molecule has 14 heavy (non-hydrogen) atoms. The Balaban J connectivity index is 2.05. The van der Waals surface area contributed by atoms with Crippen molar-refractivity contribution in [3.63, 3.8) is 0 Å². The summed E-state index contributed by atoms with van der Waals surface area (Å²) in [7, 11) is 1.90. The summed E-state index contributed by atoms with van der Waals surface area (Å²) in [6.07, 6.45) is 5.96. The summed E-state index contributed by atoms with van der Waals surface area (Å²) >= 11 is 0. The molecule has 0 aromatic carbocycles. The van der Waals surface area contributed by atoms with E-state index in [4.69, 9.17) is 10.2 Å². The predicted octanol–water partition coefficient (Wildman–Crippen LogP) is 1.26. The average Bonchev–Trinajstić information content (AvgIpc) is 2.75. The van der Waals surface area contributed by atoms with Crippen LogP contribution in [0.5, 0.6) is 0 Å². The molecule has 0 aliphatic heterocycles. The van der Waals surface area contributed by atoms with Crippen LogP contribution in [0.4, 0.5) is 0 Å². The van der Waals surface area contributed by atoms with E-state index < -0.39 is 0 Å². The Morgan fingerprint density at radius 3 is 3.00 bits per heavy atom. The molecule has 0 bridgehead atoms. The second-order valence-electron chi connectivity index (χ2n) is 3.35. The smallest absolute Gasteiger partial charge is 0.0950 e. The molecule has 74 valence electrons. The molecule has 4 nitrogen and oxygen atoms in total. The van der Waals surface area contributed by atoms with Gasteiger partial charge in [-0.05, 0) is 12.1 Å². The topological polar surface area (TPSA) is 57.0 Å². The third kappa shape index (κ3) is 1.85. The van der Waals surface area contributed by atoms with E-state index in [-0.39, 0.29) is 6.04 Å². The Morgan fingerprint density at radius 2 is 2.43 bits per heavy atom. The molecular weight excluding hydrogens is 178 g/mol. The Bertz CT molecular complexity index is 391. The molecule has 0 fully saturated rings. The zero-order chi connectivity index (χ0) is 9.97. The summed E-state index contributed by atoms with van der Waals surface area (Å²) in [6, 6.07) is 3.82. The van der Waals surface area contributed by atoms with Crippen LogP contribution in [-0.4, -0.2) is 9.78 Å². The summed E-state index contributed by atoms with van der Waals surface area (Å²) in [4.78, 5) is 0. The summed E-state index contributed by atoms with van der Waals surface area (Å²) in [5.74, 6) is 0. The largest absolute Gasteiger partial charge is 0.472 e. The Morgan fingerprint density at radius 1 is 1.57 bits per heavy atom. The van der Waals surface area contributed by atoms with E-state index in [9.17, 15) is 0 Å². The van der Waals surface area contributed by atoms with Crippen molar-refractivity contribution < 1.29 is 4.42 Å². The van der Waals surface area contributed by atoms with Gasteiger partial charge in [0.2, 0.25) is 0 Å². The highest BCUT2D eigenvalue weighted by molar-refractivity contribution is 5.14. The van der Waals surface area contributed by atoms with Crippen molar-refractivity contribution in [3.8, 4) is 0 Å². The highest BCUT2D eigenvalue weighted by atomic mass is 16.3. The van der Waals surface area contributed by atoms with E-state index in [1.54, 1.807) is 17.2 Å². The number of rotatable bonds is 3. The van der Waals surface area contributed by atoms with Gasteiger partial charge in [0, 0.05) is 31.3 Å². The maximum absolute atomic E-state index is 5.97. The summed E-state index contributed by atoms with van der Waals surface area (Å²) in [5.41, 5.74) is 7.98. The van der Waals surface area contributed by atoms with Gasteiger partial charge < -0.3 is 10.2 Å². The first-order valence-electron chi connectivity index (χ1n) is 4.52. The highest BCUT2D eigenvalue weighted by Gasteiger charge is 2.09. The molecule has 0 amide bonds. The molecule has 0 saturated heterocycles. The maximum Gasteiger partial charge on any atom is 0.0950 e. The highest BCUT2D eigenvalue weighted by Crippen LogP contribution is 2.14. The van der Waals surface area contributed by atoms with E-state index in [2.05, 4.69) is 5.10 Å². The quantitative estimate of drug-likeness (QED) is 0.794. The Labute approximate surface area is 82.3 Å². The molecule has 2 aromatic rings. The van der Waals surface area contributed by atoms with Crippen LogP contribution in [0.3, 0.4) is 0 Å². The lowest BCUT2D eigenvalue weighted by atomic mass is 10.1. The monoisotopic (exact) mass is 191 g/mol. The van der Waals surface area contributed by atoms with Crippen LogP contribution in [0.2, 0.25) is 0 Å². The molecule has 0 spiro atoms. The SMILES string of the molecule is Cn1ccc(CC(N)c2ccoc2)n1. The van der Waals surface area contributed by atoms with Gasteiger partial charge in [0.15, 0.2) is 0 Å².